The van der Waals surface area contributed by atoms with Crippen molar-refractivity contribution in [1.29, 1.82) is 0 Å². The maximum atomic E-state index is 12.0. The SMILES string of the molecule is CCOCc1ccccc1NC(=O)c1n[nH]c(C)n1. The second kappa shape index (κ2) is 6.10. The predicted octanol–water partition coefficient (Wildman–Crippen LogP) is 1.90. The number of aromatic amines is 1. The summed E-state index contributed by atoms with van der Waals surface area (Å²) in [4.78, 5) is 15.9. The molecule has 100 valence electrons. The van der Waals surface area contributed by atoms with Crippen molar-refractivity contribution in [3.8, 4) is 0 Å². The monoisotopic (exact) mass is 260 g/mol. The van der Waals surface area contributed by atoms with Gasteiger partial charge in [0.15, 0.2) is 0 Å². The van der Waals surface area contributed by atoms with Crippen molar-refractivity contribution >= 4 is 11.6 Å². The van der Waals surface area contributed by atoms with E-state index in [0.717, 1.165) is 5.56 Å². The van der Waals surface area contributed by atoms with E-state index in [-0.39, 0.29) is 11.7 Å². The molecular formula is C13H16N4O2. The molecule has 1 aromatic heterocycles. The van der Waals surface area contributed by atoms with Crippen molar-refractivity contribution in [1.82, 2.24) is 15.2 Å². The van der Waals surface area contributed by atoms with Crippen LogP contribution in [0.25, 0.3) is 0 Å². The Morgan fingerprint density at radius 2 is 2.21 bits per heavy atom. The Morgan fingerprint density at radius 3 is 2.89 bits per heavy atom. The van der Waals surface area contributed by atoms with Crippen LogP contribution in [0.1, 0.15) is 28.9 Å². The standard InChI is InChI=1S/C13H16N4O2/c1-3-19-8-10-6-4-5-7-11(10)15-13(18)12-14-9(2)16-17-12/h4-7H,3,8H2,1-2H3,(H,15,18)(H,14,16,17). The number of amides is 1. The smallest absolute Gasteiger partial charge is 0.295 e. The normalized spacial score (nSPS) is 10.4. The first kappa shape index (κ1) is 13.2. The zero-order valence-electron chi connectivity index (χ0n) is 10.9. The first-order chi connectivity index (χ1) is 9.20. The van der Waals surface area contributed by atoms with Crippen molar-refractivity contribution in [3.05, 3.63) is 41.5 Å². The topological polar surface area (TPSA) is 79.9 Å². The van der Waals surface area contributed by atoms with E-state index in [0.29, 0.717) is 24.7 Å². The number of nitrogens with one attached hydrogen (secondary N) is 2. The molecule has 19 heavy (non-hydrogen) atoms. The van der Waals surface area contributed by atoms with E-state index in [1.54, 1.807) is 6.92 Å². The largest absolute Gasteiger partial charge is 0.377 e. The van der Waals surface area contributed by atoms with Crippen LogP contribution in [0, 0.1) is 6.92 Å². The van der Waals surface area contributed by atoms with Crippen LogP contribution in [0.5, 0.6) is 0 Å². The molecule has 0 unspecified atom stereocenters. The predicted molar refractivity (Wildman–Crippen MR) is 70.8 cm³/mol. The maximum Gasteiger partial charge on any atom is 0.295 e. The van der Waals surface area contributed by atoms with Crippen molar-refractivity contribution in [3.63, 3.8) is 0 Å². The van der Waals surface area contributed by atoms with E-state index < -0.39 is 0 Å². The molecule has 0 spiro atoms. The zero-order valence-corrected chi connectivity index (χ0v) is 10.9. The van der Waals surface area contributed by atoms with Gasteiger partial charge in [0.05, 0.1) is 6.61 Å². The molecule has 1 heterocycles. The lowest BCUT2D eigenvalue weighted by Crippen LogP contribution is -2.15. The Bertz CT molecular complexity index is 565. The zero-order chi connectivity index (χ0) is 13.7. The summed E-state index contributed by atoms with van der Waals surface area (Å²) in [6.45, 7) is 4.76. The summed E-state index contributed by atoms with van der Waals surface area (Å²) in [5, 5.41) is 9.25. The molecule has 1 amide bonds. The van der Waals surface area contributed by atoms with Gasteiger partial charge in [0.1, 0.15) is 5.82 Å². The van der Waals surface area contributed by atoms with Crippen LogP contribution in [0.2, 0.25) is 0 Å². The van der Waals surface area contributed by atoms with Gasteiger partial charge in [-0.05, 0) is 19.9 Å². The molecule has 0 radical (unpaired) electrons. The van der Waals surface area contributed by atoms with E-state index >= 15 is 0 Å². The van der Waals surface area contributed by atoms with E-state index in [1.165, 1.54) is 0 Å². The van der Waals surface area contributed by atoms with Crippen LogP contribution in [-0.4, -0.2) is 27.7 Å². The minimum absolute atomic E-state index is 0.128. The fourth-order valence-corrected chi connectivity index (χ4v) is 1.60. The highest BCUT2D eigenvalue weighted by Crippen LogP contribution is 2.16. The number of rotatable bonds is 5. The number of aromatic nitrogens is 3. The molecule has 2 N–H and O–H groups in total. The van der Waals surface area contributed by atoms with Crippen LogP contribution in [0.15, 0.2) is 24.3 Å². The molecule has 1 aromatic carbocycles. The average molecular weight is 260 g/mol. The summed E-state index contributed by atoms with van der Waals surface area (Å²) in [5.41, 5.74) is 1.63. The Hall–Kier alpha value is -2.21. The summed E-state index contributed by atoms with van der Waals surface area (Å²) in [5.74, 6) is 0.393. The van der Waals surface area contributed by atoms with Gasteiger partial charge < -0.3 is 10.1 Å². The van der Waals surface area contributed by atoms with Gasteiger partial charge in [-0.3, -0.25) is 9.89 Å². The summed E-state index contributed by atoms with van der Waals surface area (Å²) in [6, 6.07) is 7.50. The van der Waals surface area contributed by atoms with Crippen LogP contribution in [0.3, 0.4) is 0 Å². The molecule has 0 saturated heterocycles. The number of anilines is 1. The summed E-state index contributed by atoms with van der Waals surface area (Å²) >= 11 is 0. The summed E-state index contributed by atoms with van der Waals surface area (Å²) < 4.78 is 5.36. The number of benzene rings is 1. The number of ether oxygens (including phenoxy) is 1. The van der Waals surface area contributed by atoms with Crippen LogP contribution >= 0.6 is 0 Å². The number of carbonyl (C=O) groups is 1. The van der Waals surface area contributed by atoms with Crippen molar-refractivity contribution in [2.24, 2.45) is 0 Å². The highest BCUT2D eigenvalue weighted by atomic mass is 16.5. The molecule has 0 aliphatic carbocycles. The highest BCUT2D eigenvalue weighted by molar-refractivity contribution is 6.01. The number of hydrogen-bond donors (Lipinski definition) is 2. The second-order valence-electron chi connectivity index (χ2n) is 3.99. The fourth-order valence-electron chi connectivity index (χ4n) is 1.60. The molecule has 0 atom stereocenters. The molecular weight excluding hydrogens is 244 g/mol. The lowest BCUT2D eigenvalue weighted by molar-refractivity contribution is 0.101. The number of nitrogens with zero attached hydrogens (tertiary/aromatic N) is 2. The van der Waals surface area contributed by atoms with Crippen LogP contribution < -0.4 is 5.32 Å². The average Bonchev–Trinajstić information content (AvgIpc) is 2.84. The number of hydrogen-bond acceptors (Lipinski definition) is 4. The molecule has 6 heteroatoms. The molecule has 2 aromatic rings. The van der Waals surface area contributed by atoms with Gasteiger partial charge in [-0.15, -0.1) is 5.10 Å². The summed E-state index contributed by atoms with van der Waals surface area (Å²) in [6.07, 6.45) is 0. The lowest BCUT2D eigenvalue weighted by atomic mass is 10.2. The third-order valence-electron chi connectivity index (χ3n) is 2.53. The molecule has 0 saturated carbocycles. The number of aryl methyl sites for hydroxylation is 1. The number of carbonyl (C=O) groups excluding carboxylic acids is 1. The molecule has 6 nitrogen and oxygen atoms in total. The molecule has 0 bridgehead atoms. The van der Waals surface area contributed by atoms with E-state index in [4.69, 9.17) is 4.74 Å². The van der Waals surface area contributed by atoms with E-state index in [9.17, 15) is 4.79 Å². The first-order valence-corrected chi connectivity index (χ1v) is 6.06. The Labute approximate surface area is 111 Å². The molecule has 0 fully saturated rings. The van der Waals surface area contributed by atoms with Crippen molar-refractivity contribution in [2.45, 2.75) is 20.5 Å². The van der Waals surface area contributed by atoms with Crippen LogP contribution in [0.4, 0.5) is 5.69 Å². The van der Waals surface area contributed by atoms with E-state index in [2.05, 4.69) is 20.5 Å². The van der Waals surface area contributed by atoms with Gasteiger partial charge in [0.2, 0.25) is 5.82 Å². The quantitative estimate of drug-likeness (QED) is 0.860. The van der Waals surface area contributed by atoms with Crippen molar-refractivity contribution < 1.29 is 9.53 Å². The number of para-hydroxylation sites is 1. The van der Waals surface area contributed by atoms with Crippen LogP contribution in [-0.2, 0) is 11.3 Å². The fraction of sp³-hybridized carbons (Fsp3) is 0.308. The molecule has 2 rings (SSSR count). The third kappa shape index (κ3) is 3.38. The van der Waals surface area contributed by atoms with Gasteiger partial charge in [-0.1, -0.05) is 18.2 Å². The van der Waals surface area contributed by atoms with Gasteiger partial charge in [-0.25, -0.2) is 4.98 Å². The minimum Gasteiger partial charge on any atom is -0.377 e. The Morgan fingerprint density at radius 1 is 1.42 bits per heavy atom. The minimum atomic E-state index is -0.340. The summed E-state index contributed by atoms with van der Waals surface area (Å²) in [7, 11) is 0. The lowest BCUT2D eigenvalue weighted by Gasteiger charge is -2.09. The highest BCUT2D eigenvalue weighted by Gasteiger charge is 2.13. The molecule has 0 aliphatic rings. The second-order valence-corrected chi connectivity index (χ2v) is 3.99. The van der Waals surface area contributed by atoms with Gasteiger partial charge in [0, 0.05) is 17.9 Å². The van der Waals surface area contributed by atoms with Gasteiger partial charge in [-0.2, -0.15) is 0 Å². The van der Waals surface area contributed by atoms with Crippen molar-refractivity contribution in [2.75, 3.05) is 11.9 Å². The van der Waals surface area contributed by atoms with E-state index in [1.807, 2.05) is 31.2 Å². The molecule has 0 aliphatic heterocycles. The maximum absolute atomic E-state index is 12.0. The Kier molecular flexibility index (Phi) is 4.25. The Balaban J connectivity index is 2.12. The van der Waals surface area contributed by atoms with Gasteiger partial charge in [0.25, 0.3) is 5.91 Å². The third-order valence-corrected chi connectivity index (χ3v) is 2.53. The number of H-pyrrole nitrogens is 1. The first-order valence-electron chi connectivity index (χ1n) is 6.06. The van der Waals surface area contributed by atoms with Gasteiger partial charge >= 0.3 is 0 Å².